The van der Waals surface area contributed by atoms with E-state index in [0.717, 1.165) is 0 Å². The summed E-state index contributed by atoms with van der Waals surface area (Å²) in [7, 11) is 0. The molecule has 0 unspecified atom stereocenters. The van der Waals surface area contributed by atoms with Crippen molar-refractivity contribution in [1.82, 2.24) is 4.90 Å². The molecule has 0 aromatic heterocycles. The first kappa shape index (κ1) is 14.9. The molecule has 2 aliphatic rings. The summed E-state index contributed by atoms with van der Waals surface area (Å²) in [4.78, 5) is 2.55. The summed E-state index contributed by atoms with van der Waals surface area (Å²) >= 11 is 0. The second-order valence-corrected chi connectivity index (χ2v) is 6.92. The highest BCUT2D eigenvalue weighted by Gasteiger charge is 2.40. The second-order valence-electron chi connectivity index (χ2n) is 6.92. The van der Waals surface area contributed by atoms with Crippen molar-refractivity contribution in [2.45, 2.75) is 65.9 Å². The lowest BCUT2D eigenvalue weighted by molar-refractivity contribution is -0.0729. The molecule has 0 saturated carbocycles. The maximum atomic E-state index is 6.60. The highest BCUT2D eigenvalue weighted by Crippen LogP contribution is 2.43. The van der Waals surface area contributed by atoms with Crippen LogP contribution in [0.3, 0.4) is 0 Å². The van der Waals surface area contributed by atoms with Gasteiger partial charge in [0.05, 0.1) is 5.76 Å². The highest BCUT2D eigenvalue weighted by atomic mass is 16.5. The summed E-state index contributed by atoms with van der Waals surface area (Å²) in [6, 6.07) is 0. The van der Waals surface area contributed by atoms with Crippen molar-refractivity contribution in [3.05, 3.63) is 11.3 Å². The Labute approximate surface area is 119 Å². The van der Waals surface area contributed by atoms with Crippen LogP contribution in [-0.4, -0.2) is 30.1 Å². The molecule has 0 aliphatic carbocycles. The number of hydrogen-bond donors (Lipinski definition) is 0. The molecule has 2 nitrogen and oxygen atoms in total. The van der Waals surface area contributed by atoms with Crippen molar-refractivity contribution in [3.8, 4) is 0 Å². The van der Waals surface area contributed by atoms with Gasteiger partial charge in [-0.15, -0.1) is 0 Å². The van der Waals surface area contributed by atoms with Gasteiger partial charge in [0, 0.05) is 19.0 Å². The normalized spacial score (nSPS) is 24.4. The minimum absolute atomic E-state index is 0.156. The fourth-order valence-electron chi connectivity index (χ4n) is 3.53. The summed E-state index contributed by atoms with van der Waals surface area (Å²) in [5, 5.41) is 0. The van der Waals surface area contributed by atoms with Crippen LogP contribution in [-0.2, 0) is 4.74 Å². The van der Waals surface area contributed by atoms with Gasteiger partial charge in [-0.1, -0.05) is 34.6 Å². The average Bonchev–Trinajstić information content (AvgIpc) is 2.39. The number of nitrogens with zero attached hydrogens (tertiary/aromatic N) is 1. The van der Waals surface area contributed by atoms with Crippen LogP contribution < -0.4 is 0 Å². The maximum Gasteiger partial charge on any atom is 0.111 e. The van der Waals surface area contributed by atoms with E-state index in [1.165, 1.54) is 51.1 Å². The minimum Gasteiger partial charge on any atom is -0.491 e. The van der Waals surface area contributed by atoms with Gasteiger partial charge in [0.1, 0.15) is 5.60 Å². The lowest BCUT2D eigenvalue weighted by Gasteiger charge is -2.46. The van der Waals surface area contributed by atoms with Crippen molar-refractivity contribution >= 4 is 0 Å². The summed E-state index contributed by atoms with van der Waals surface area (Å²) in [5.41, 5.74) is 1.72. The molecule has 1 spiro atoms. The Morgan fingerprint density at radius 3 is 2.16 bits per heavy atom. The molecule has 0 atom stereocenters. The summed E-state index contributed by atoms with van der Waals surface area (Å²) in [6.07, 6.45) is 4.90. The smallest absolute Gasteiger partial charge is 0.111 e. The first-order valence-corrected chi connectivity index (χ1v) is 8.12. The molecule has 2 rings (SSSR count). The zero-order valence-electron chi connectivity index (χ0n) is 13.5. The monoisotopic (exact) mass is 265 g/mol. The van der Waals surface area contributed by atoms with Crippen molar-refractivity contribution in [1.29, 1.82) is 0 Å². The van der Waals surface area contributed by atoms with E-state index in [1.807, 2.05) is 0 Å². The van der Waals surface area contributed by atoms with Gasteiger partial charge < -0.3 is 9.64 Å². The third-order valence-electron chi connectivity index (χ3n) is 4.93. The third kappa shape index (κ3) is 3.16. The second kappa shape index (κ2) is 5.87. The molecule has 2 heterocycles. The van der Waals surface area contributed by atoms with Crippen LogP contribution in [0.1, 0.15) is 60.3 Å². The van der Waals surface area contributed by atoms with Crippen LogP contribution in [0.4, 0.5) is 0 Å². The zero-order chi connectivity index (χ0) is 14.0. The molecule has 1 fully saturated rings. The maximum absolute atomic E-state index is 6.60. The summed E-state index contributed by atoms with van der Waals surface area (Å²) < 4.78 is 6.60. The molecule has 1 saturated heterocycles. The molecule has 19 heavy (non-hydrogen) atoms. The van der Waals surface area contributed by atoms with E-state index < -0.39 is 0 Å². The molecule has 0 aromatic rings. The lowest BCUT2D eigenvalue weighted by atomic mass is 9.80. The fourth-order valence-corrected chi connectivity index (χ4v) is 3.53. The predicted octanol–water partition coefficient (Wildman–Crippen LogP) is 4.22. The summed E-state index contributed by atoms with van der Waals surface area (Å²) in [6.45, 7) is 15.0. The topological polar surface area (TPSA) is 12.5 Å². The van der Waals surface area contributed by atoms with E-state index in [9.17, 15) is 0 Å². The van der Waals surface area contributed by atoms with Crippen LogP contribution in [0.25, 0.3) is 0 Å². The van der Waals surface area contributed by atoms with E-state index in [2.05, 4.69) is 39.5 Å². The molecule has 2 heteroatoms. The van der Waals surface area contributed by atoms with Gasteiger partial charge in [-0.3, -0.25) is 0 Å². The molecule has 0 bridgehead atoms. The Balaban J connectivity index is 2.13. The standard InChI is InChI=1S/C17H31NO/c1-6-18-11-9-17(10-12-18)8-7-15(13(2)3)16(19-17)14(4)5/h13-14H,6-12H2,1-5H3. The van der Waals surface area contributed by atoms with Crippen LogP contribution in [0.15, 0.2) is 11.3 Å². The van der Waals surface area contributed by atoms with Crippen LogP contribution >= 0.6 is 0 Å². The van der Waals surface area contributed by atoms with Crippen LogP contribution in [0.5, 0.6) is 0 Å². The van der Waals surface area contributed by atoms with E-state index in [0.29, 0.717) is 11.8 Å². The van der Waals surface area contributed by atoms with Gasteiger partial charge in [-0.2, -0.15) is 0 Å². The predicted molar refractivity (Wildman–Crippen MR) is 81.1 cm³/mol. The van der Waals surface area contributed by atoms with Gasteiger partial charge >= 0.3 is 0 Å². The number of rotatable bonds is 3. The van der Waals surface area contributed by atoms with Gasteiger partial charge in [0.15, 0.2) is 0 Å². The molecule has 110 valence electrons. The van der Waals surface area contributed by atoms with E-state index in [-0.39, 0.29) is 5.60 Å². The quantitative estimate of drug-likeness (QED) is 0.757. The Bertz CT molecular complexity index is 335. The molecule has 2 aliphatic heterocycles. The molecule has 0 amide bonds. The van der Waals surface area contributed by atoms with Gasteiger partial charge in [-0.25, -0.2) is 0 Å². The van der Waals surface area contributed by atoms with E-state index >= 15 is 0 Å². The van der Waals surface area contributed by atoms with Crippen molar-refractivity contribution < 1.29 is 4.74 Å². The van der Waals surface area contributed by atoms with Gasteiger partial charge in [0.2, 0.25) is 0 Å². The average molecular weight is 265 g/mol. The first-order chi connectivity index (χ1) is 8.97. The van der Waals surface area contributed by atoms with Crippen LogP contribution in [0.2, 0.25) is 0 Å². The molecule has 0 N–H and O–H groups in total. The first-order valence-electron chi connectivity index (χ1n) is 8.12. The third-order valence-corrected chi connectivity index (χ3v) is 4.93. The van der Waals surface area contributed by atoms with E-state index in [1.54, 1.807) is 5.57 Å². The lowest BCUT2D eigenvalue weighted by Crippen LogP contribution is -2.47. The largest absolute Gasteiger partial charge is 0.491 e. The SMILES string of the molecule is CCN1CCC2(CCC(C(C)C)=C(C(C)C)O2)CC1. The summed E-state index contributed by atoms with van der Waals surface area (Å²) in [5.74, 6) is 2.47. The Morgan fingerprint density at radius 2 is 1.68 bits per heavy atom. The van der Waals surface area contributed by atoms with Crippen LogP contribution in [0, 0.1) is 11.8 Å². The number of likely N-dealkylation sites (tertiary alicyclic amines) is 1. The molecule has 0 radical (unpaired) electrons. The molecular weight excluding hydrogens is 234 g/mol. The Morgan fingerprint density at radius 1 is 1.05 bits per heavy atom. The Kier molecular flexibility index (Phi) is 4.60. The number of allylic oxidation sites excluding steroid dienone is 2. The van der Waals surface area contributed by atoms with Gasteiger partial charge in [0.25, 0.3) is 0 Å². The van der Waals surface area contributed by atoms with Crippen molar-refractivity contribution in [3.63, 3.8) is 0 Å². The number of hydrogen-bond acceptors (Lipinski definition) is 2. The van der Waals surface area contributed by atoms with E-state index in [4.69, 9.17) is 4.74 Å². The van der Waals surface area contributed by atoms with Crippen molar-refractivity contribution in [2.24, 2.45) is 11.8 Å². The fraction of sp³-hybridized carbons (Fsp3) is 0.882. The Hall–Kier alpha value is -0.500. The van der Waals surface area contributed by atoms with Crippen molar-refractivity contribution in [2.75, 3.05) is 19.6 Å². The number of piperidine rings is 1. The number of ether oxygens (including phenoxy) is 1. The van der Waals surface area contributed by atoms with Gasteiger partial charge in [-0.05, 0) is 43.7 Å². The molecule has 0 aromatic carbocycles. The highest BCUT2D eigenvalue weighted by molar-refractivity contribution is 5.18. The minimum atomic E-state index is 0.156. The zero-order valence-corrected chi connectivity index (χ0v) is 13.5. The molecular formula is C17H31NO.